The van der Waals surface area contributed by atoms with Gasteiger partial charge >= 0.3 is 0 Å². The molecule has 5 rings (SSSR count). The van der Waals surface area contributed by atoms with Gasteiger partial charge in [0.1, 0.15) is 17.2 Å². The van der Waals surface area contributed by atoms with Gasteiger partial charge in [-0.2, -0.15) is 0 Å². The lowest BCUT2D eigenvalue weighted by molar-refractivity contribution is -0.111. The number of carbonyl (C=O) groups excluding carboxylic acids is 2. The van der Waals surface area contributed by atoms with Crippen molar-refractivity contribution in [3.63, 3.8) is 0 Å². The highest BCUT2D eigenvalue weighted by molar-refractivity contribution is 6.03. The van der Waals surface area contributed by atoms with Gasteiger partial charge < -0.3 is 15.6 Å². The maximum atomic E-state index is 12.7. The van der Waals surface area contributed by atoms with E-state index in [2.05, 4.69) is 56.0 Å². The summed E-state index contributed by atoms with van der Waals surface area (Å²) >= 11 is 0. The van der Waals surface area contributed by atoms with Crippen LogP contribution in [0, 0.1) is 0 Å². The van der Waals surface area contributed by atoms with Crippen molar-refractivity contribution in [1.82, 2.24) is 24.9 Å². The Bertz CT molecular complexity index is 1640. The SMILES string of the molecule is C=CC(=O)Nc1cncc(-c2cnc3[nH]cc(-c4ccc(C(=O)Nc5ccc(C(C)C)cn5)nc4)c3c2)c1. The molecular formula is C29H25N7O2. The van der Waals surface area contributed by atoms with Gasteiger partial charge in [0.05, 0.1) is 11.9 Å². The molecular weight excluding hydrogens is 478 g/mol. The summed E-state index contributed by atoms with van der Waals surface area (Å²) in [6.45, 7) is 7.65. The first-order chi connectivity index (χ1) is 18.4. The molecule has 38 heavy (non-hydrogen) atoms. The Morgan fingerprint density at radius 2 is 1.71 bits per heavy atom. The maximum Gasteiger partial charge on any atom is 0.275 e. The molecule has 0 aliphatic rings. The molecule has 0 radical (unpaired) electrons. The molecule has 0 aliphatic carbocycles. The second-order valence-corrected chi connectivity index (χ2v) is 9.00. The number of hydrogen-bond acceptors (Lipinski definition) is 6. The Labute approximate surface area is 219 Å². The van der Waals surface area contributed by atoms with Crippen LogP contribution in [0.5, 0.6) is 0 Å². The molecule has 0 aromatic carbocycles. The van der Waals surface area contributed by atoms with Crippen LogP contribution in [0.15, 0.2) is 86.2 Å². The van der Waals surface area contributed by atoms with E-state index in [1.54, 1.807) is 43.1 Å². The predicted molar refractivity (Wildman–Crippen MR) is 148 cm³/mol. The Morgan fingerprint density at radius 1 is 0.895 bits per heavy atom. The maximum absolute atomic E-state index is 12.7. The zero-order chi connectivity index (χ0) is 26.6. The molecule has 5 aromatic heterocycles. The number of fused-ring (bicyclic) bond motifs is 1. The molecule has 0 bridgehead atoms. The second kappa shape index (κ2) is 10.4. The third kappa shape index (κ3) is 5.17. The van der Waals surface area contributed by atoms with E-state index in [4.69, 9.17) is 0 Å². The molecule has 3 N–H and O–H groups in total. The summed E-state index contributed by atoms with van der Waals surface area (Å²) in [4.78, 5) is 45.0. The topological polar surface area (TPSA) is 126 Å². The number of aromatic nitrogens is 5. The van der Waals surface area contributed by atoms with E-state index in [-0.39, 0.29) is 17.5 Å². The van der Waals surface area contributed by atoms with Crippen molar-refractivity contribution in [2.45, 2.75) is 19.8 Å². The van der Waals surface area contributed by atoms with Gasteiger partial charge in [-0.15, -0.1) is 0 Å². The van der Waals surface area contributed by atoms with Gasteiger partial charge in [0.2, 0.25) is 5.91 Å². The average molecular weight is 504 g/mol. The van der Waals surface area contributed by atoms with Crippen LogP contribution in [0.1, 0.15) is 35.8 Å². The van der Waals surface area contributed by atoms with Crippen molar-refractivity contribution >= 4 is 34.4 Å². The van der Waals surface area contributed by atoms with Gasteiger partial charge in [0, 0.05) is 58.6 Å². The molecule has 0 saturated carbocycles. The minimum absolute atomic E-state index is 0.284. The van der Waals surface area contributed by atoms with E-state index in [0.717, 1.165) is 33.2 Å². The molecule has 0 atom stereocenters. The molecule has 5 aromatic rings. The van der Waals surface area contributed by atoms with Gasteiger partial charge in [-0.1, -0.05) is 32.6 Å². The first kappa shape index (κ1) is 24.5. The molecule has 0 spiro atoms. The van der Waals surface area contributed by atoms with E-state index < -0.39 is 0 Å². The van der Waals surface area contributed by atoms with E-state index >= 15 is 0 Å². The van der Waals surface area contributed by atoms with Crippen molar-refractivity contribution in [1.29, 1.82) is 0 Å². The number of amides is 2. The van der Waals surface area contributed by atoms with E-state index in [9.17, 15) is 9.59 Å². The lowest BCUT2D eigenvalue weighted by Crippen LogP contribution is -2.14. The molecule has 0 saturated heterocycles. The smallest absolute Gasteiger partial charge is 0.275 e. The summed E-state index contributed by atoms with van der Waals surface area (Å²) in [5, 5.41) is 6.39. The monoisotopic (exact) mass is 503 g/mol. The van der Waals surface area contributed by atoms with Crippen LogP contribution in [-0.4, -0.2) is 36.7 Å². The highest BCUT2D eigenvalue weighted by Gasteiger charge is 2.13. The number of hydrogen-bond donors (Lipinski definition) is 3. The Kier molecular flexibility index (Phi) is 6.73. The average Bonchev–Trinajstić information content (AvgIpc) is 3.37. The van der Waals surface area contributed by atoms with Gasteiger partial charge in [0.25, 0.3) is 5.91 Å². The fourth-order valence-corrected chi connectivity index (χ4v) is 3.95. The standard InChI is InChI=1S/C29H25N7O2/c1-4-27(37)35-22-9-20(11-30-15-22)21-10-23-24(16-34-28(23)33-14-21)19-5-7-25(31-13-19)29(38)36-26-8-6-18(12-32-26)17(2)3/h4-17H,1H2,2-3H3,(H,33,34)(H,35,37)(H,32,36,38). The number of nitrogens with one attached hydrogen (secondary N) is 3. The van der Waals surface area contributed by atoms with Gasteiger partial charge in [0.15, 0.2) is 0 Å². The van der Waals surface area contributed by atoms with Gasteiger partial charge in [-0.05, 0) is 41.8 Å². The molecule has 5 heterocycles. The van der Waals surface area contributed by atoms with Crippen molar-refractivity contribution in [2.24, 2.45) is 0 Å². The Hall–Kier alpha value is -5.18. The van der Waals surface area contributed by atoms with Crippen LogP contribution in [0.2, 0.25) is 0 Å². The zero-order valence-electron chi connectivity index (χ0n) is 20.9. The van der Waals surface area contributed by atoms with Crippen molar-refractivity contribution in [2.75, 3.05) is 10.6 Å². The summed E-state index contributed by atoms with van der Waals surface area (Å²) in [7, 11) is 0. The summed E-state index contributed by atoms with van der Waals surface area (Å²) in [6.07, 6.45) is 11.5. The molecule has 0 unspecified atom stereocenters. The van der Waals surface area contributed by atoms with E-state index in [1.165, 1.54) is 6.08 Å². The number of H-pyrrole nitrogens is 1. The number of rotatable bonds is 7. The molecule has 188 valence electrons. The Balaban J connectivity index is 1.37. The highest BCUT2D eigenvalue weighted by Crippen LogP contribution is 2.31. The molecule has 2 amide bonds. The van der Waals surface area contributed by atoms with Gasteiger partial charge in [-0.25, -0.2) is 9.97 Å². The minimum Gasteiger partial charge on any atom is -0.346 e. The highest BCUT2D eigenvalue weighted by atomic mass is 16.2. The molecule has 0 fully saturated rings. The first-order valence-electron chi connectivity index (χ1n) is 12.0. The third-order valence-electron chi connectivity index (χ3n) is 6.06. The number of anilines is 2. The summed E-state index contributed by atoms with van der Waals surface area (Å²) < 4.78 is 0. The first-order valence-corrected chi connectivity index (χ1v) is 12.0. The number of carbonyl (C=O) groups is 2. The molecule has 9 heteroatoms. The third-order valence-corrected chi connectivity index (χ3v) is 6.06. The summed E-state index contributed by atoms with van der Waals surface area (Å²) in [5.74, 6) is 0.197. The van der Waals surface area contributed by atoms with Crippen LogP contribution in [0.25, 0.3) is 33.3 Å². The van der Waals surface area contributed by atoms with Crippen LogP contribution in [0.4, 0.5) is 11.5 Å². The molecule has 0 aliphatic heterocycles. The predicted octanol–water partition coefficient (Wildman–Crippen LogP) is 5.58. The van der Waals surface area contributed by atoms with E-state index in [0.29, 0.717) is 23.1 Å². The lowest BCUT2D eigenvalue weighted by atomic mass is 10.0. The quantitative estimate of drug-likeness (QED) is 0.249. The zero-order valence-corrected chi connectivity index (χ0v) is 20.9. The molecule has 9 nitrogen and oxygen atoms in total. The summed E-state index contributed by atoms with van der Waals surface area (Å²) in [5.41, 5.74) is 6.02. The minimum atomic E-state index is -0.333. The largest absolute Gasteiger partial charge is 0.346 e. The van der Waals surface area contributed by atoms with Crippen molar-refractivity contribution in [3.8, 4) is 22.3 Å². The lowest BCUT2D eigenvalue weighted by Gasteiger charge is -2.08. The van der Waals surface area contributed by atoms with Crippen LogP contribution < -0.4 is 10.6 Å². The number of pyridine rings is 4. The number of aromatic amines is 1. The van der Waals surface area contributed by atoms with Crippen LogP contribution in [-0.2, 0) is 4.79 Å². The van der Waals surface area contributed by atoms with Crippen molar-refractivity contribution < 1.29 is 9.59 Å². The second-order valence-electron chi connectivity index (χ2n) is 9.00. The number of nitrogens with zero attached hydrogens (tertiary/aromatic N) is 4. The van der Waals surface area contributed by atoms with E-state index in [1.807, 2.05) is 30.5 Å². The normalized spacial score (nSPS) is 10.9. The van der Waals surface area contributed by atoms with Crippen molar-refractivity contribution in [3.05, 3.63) is 97.5 Å². The van der Waals surface area contributed by atoms with Gasteiger partial charge in [-0.3, -0.25) is 19.6 Å². The fourth-order valence-electron chi connectivity index (χ4n) is 3.95. The Morgan fingerprint density at radius 3 is 2.42 bits per heavy atom. The van der Waals surface area contributed by atoms with Crippen LogP contribution in [0.3, 0.4) is 0 Å². The fraction of sp³-hybridized carbons (Fsp3) is 0.103. The van der Waals surface area contributed by atoms with Crippen LogP contribution >= 0.6 is 0 Å². The summed E-state index contributed by atoms with van der Waals surface area (Å²) in [6, 6.07) is 11.1.